The quantitative estimate of drug-likeness (QED) is 0.617. The van der Waals surface area contributed by atoms with Gasteiger partial charge >= 0.3 is 0 Å². The predicted octanol–water partition coefficient (Wildman–Crippen LogP) is 2.16. The fourth-order valence-electron chi connectivity index (χ4n) is 0.534. The molecule has 70 valence electrons. The van der Waals surface area contributed by atoms with Crippen LogP contribution >= 0.6 is 0 Å². The van der Waals surface area contributed by atoms with Crippen LogP contribution in [-0.2, 0) is 9.59 Å². The molecule has 0 aliphatic carbocycles. The molecule has 2 nitrogen and oxygen atoms in total. The molecule has 0 fully saturated rings. The van der Waals surface area contributed by atoms with Gasteiger partial charge in [-0.2, -0.15) is 0 Å². The minimum absolute atomic E-state index is 0.380. The van der Waals surface area contributed by atoms with E-state index in [0.717, 1.165) is 0 Å². The van der Waals surface area contributed by atoms with Gasteiger partial charge in [-0.15, -0.1) is 0 Å². The Morgan fingerprint density at radius 2 is 1.31 bits per heavy atom. The van der Waals surface area contributed by atoms with Crippen molar-refractivity contribution in [3.8, 4) is 0 Å². The average molecular weight is 178 g/mol. The van der Waals surface area contributed by atoms with E-state index >= 15 is 0 Å². The molecule has 0 aliphatic rings. The van der Waals surface area contributed by atoms with Gasteiger partial charge in [0.15, 0.2) is 11.6 Å². The summed E-state index contributed by atoms with van der Waals surface area (Å²) in [4.78, 5) is 19.6. The van der Waals surface area contributed by atoms with Crippen molar-refractivity contribution in [1.29, 1.82) is 0 Å². The van der Waals surface area contributed by atoms with E-state index in [1.807, 2.05) is 18.2 Å². The van der Waals surface area contributed by atoms with Crippen molar-refractivity contribution in [2.24, 2.45) is 0 Å². The number of ketones is 2. The number of rotatable bonds is 1. The topological polar surface area (TPSA) is 34.1 Å². The van der Waals surface area contributed by atoms with Crippen LogP contribution in [0.25, 0.3) is 0 Å². The summed E-state index contributed by atoms with van der Waals surface area (Å²) < 4.78 is 0. The van der Waals surface area contributed by atoms with Crippen molar-refractivity contribution >= 4 is 11.6 Å². The van der Waals surface area contributed by atoms with E-state index in [0.29, 0.717) is 0 Å². The first-order valence-corrected chi connectivity index (χ1v) is 4.07. The van der Waals surface area contributed by atoms with E-state index in [2.05, 4.69) is 19.1 Å². The molecule has 0 aliphatic heterocycles. The number of aryl methyl sites for hydroxylation is 1. The summed E-state index contributed by atoms with van der Waals surface area (Å²) in [6.07, 6.45) is 0. The summed E-state index contributed by atoms with van der Waals surface area (Å²) in [6.45, 7) is 4.59. The second-order valence-electron chi connectivity index (χ2n) is 2.77. The molecule has 0 saturated carbocycles. The zero-order valence-corrected chi connectivity index (χ0v) is 8.20. The first-order chi connectivity index (χ1) is 6.04. The Labute approximate surface area is 78.6 Å². The second kappa shape index (κ2) is 6.12. The highest BCUT2D eigenvalue weighted by molar-refractivity contribution is 6.35. The summed E-state index contributed by atoms with van der Waals surface area (Å²) in [5.41, 5.74) is 1.32. The van der Waals surface area contributed by atoms with E-state index < -0.39 is 0 Å². The molecule has 0 N–H and O–H groups in total. The zero-order chi connectivity index (χ0) is 10.3. The monoisotopic (exact) mass is 178 g/mol. The zero-order valence-electron chi connectivity index (χ0n) is 8.20. The Kier molecular flexibility index (Phi) is 5.44. The maximum Gasteiger partial charge on any atom is 0.195 e. The van der Waals surface area contributed by atoms with E-state index in [4.69, 9.17) is 0 Å². The molecule has 0 radical (unpaired) electrons. The number of benzene rings is 1. The summed E-state index contributed by atoms with van der Waals surface area (Å²) in [7, 11) is 0. The molecular weight excluding hydrogens is 164 g/mol. The Bertz CT molecular complexity index is 263. The van der Waals surface area contributed by atoms with Gasteiger partial charge in [0.05, 0.1) is 0 Å². The maximum atomic E-state index is 9.79. The lowest BCUT2D eigenvalue weighted by atomic mass is 10.2. The van der Waals surface area contributed by atoms with Crippen molar-refractivity contribution in [2.45, 2.75) is 20.8 Å². The number of Topliss-reactive ketones (excluding diaryl/α,β-unsaturated/α-hetero) is 2. The van der Waals surface area contributed by atoms with Gasteiger partial charge in [0.25, 0.3) is 0 Å². The van der Waals surface area contributed by atoms with Crippen molar-refractivity contribution < 1.29 is 9.59 Å². The number of hydrogen-bond acceptors (Lipinski definition) is 2. The maximum absolute atomic E-state index is 9.79. The summed E-state index contributed by atoms with van der Waals surface area (Å²) in [5, 5.41) is 0. The fraction of sp³-hybridized carbons (Fsp3) is 0.273. The van der Waals surface area contributed by atoms with Crippen LogP contribution in [0.2, 0.25) is 0 Å². The van der Waals surface area contributed by atoms with Crippen molar-refractivity contribution in [2.75, 3.05) is 0 Å². The molecule has 2 heteroatoms. The van der Waals surface area contributed by atoms with Crippen molar-refractivity contribution in [3.05, 3.63) is 35.9 Å². The SMILES string of the molecule is CC(=O)C(C)=O.Cc1ccccc1. The minimum atomic E-state index is -0.380. The van der Waals surface area contributed by atoms with Crippen LogP contribution in [0.15, 0.2) is 30.3 Å². The average Bonchev–Trinajstić information content (AvgIpc) is 2.06. The molecule has 0 spiro atoms. The largest absolute Gasteiger partial charge is 0.291 e. The summed E-state index contributed by atoms with van der Waals surface area (Å²) >= 11 is 0. The molecule has 0 saturated heterocycles. The summed E-state index contributed by atoms with van der Waals surface area (Å²) in [6, 6.07) is 10.3. The van der Waals surface area contributed by atoms with Gasteiger partial charge in [-0.05, 0) is 6.92 Å². The molecule has 0 atom stereocenters. The fourth-order valence-corrected chi connectivity index (χ4v) is 0.534. The van der Waals surface area contributed by atoms with Gasteiger partial charge in [-0.3, -0.25) is 9.59 Å². The first-order valence-electron chi connectivity index (χ1n) is 4.07. The highest BCUT2D eigenvalue weighted by Gasteiger charge is 1.94. The predicted molar refractivity (Wildman–Crippen MR) is 52.5 cm³/mol. The van der Waals surface area contributed by atoms with Crippen LogP contribution in [0.1, 0.15) is 19.4 Å². The molecule has 1 rings (SSSR count). The smallest absolute Gasteiger partial charge is 0.195 e. The number of carbonyl (C=O) groups excluding carboxylic acids is 2. The normalized spacial score (nSPS) is 8.23. The Hall–Kier alpha value is -1.44. The van der Waals surface area contributed by atoms with Crippen LogP contribution in [0, 0.1) is 6.92 Å². The van der Waals surface area contributed by atoms with Gasteiger partial charge in [-0.25, -0.2) is 0 Å². The van der Waals surface area contributed by atoms with Crippen LogP contribution in [0.4, 0.5) is 0 Å². The lowest BCUT2D eigenvalue weighted by Crippen LogP contribution is -2.01. The van der Waals surface area contributed by atoms with Crippen molar-refractivity contribution in [1.82, 2.24) is 0 Å². The highest BCUT2D eigenvalue weighted by atomic mass is 16.2. The van der Waals surface area contributed by atoms with Gasteiger partial charge in [0, 0.05) is 13.8 Å². The minimum Gasteiger partial charge on any atom is -0.291 e. The number of hydrogen-bond donors (Lipinski definition) is 0. The van der Waals surface area contributed by atoms with Gasteiger partial charge in [-0.1, -0.05) is 35.9 Å². The highest BCUT2D eigenvalue weighted by Crippen LogP contribution is 1.92. The van der Waals surface area contributed by atoms with Crippen LogP contribution < -0.4 is 0 Å². The van der Waals surface area contributed by atoms with E-state index in [1.165, 1.54) is 19.4 Å². The molecule has 1 aromatic rings. The number of carbonyl (C=O) groups is 2. The van der Waals surface area contributed by atoms with E-state index in [-0.39, 0.29) is 11.6 Å². The molecule has 13 heavy (non-hydrogen) atoms. The first kappa shape index (κ1) is 11.6. The third kappa shape index (κ3) is 6.94. The van der Waals surface area contributed by atoms with E-state index in [1.54, 1.807) is 0 Å². The van der Waals surface area contributed by atoms with Crippen LogP contribution in [-0.4, -0.2) is 11.6 Å². The van der Waals surface area contributed by atoms with E-state index in [9.17, 15) is 9.59 Å². The third-order valence-electron chi connectivity index (χ3n) is 1.44. The standard InChI is InChI=1S/C7H8.C4H6O2/c1-7-5-3-2-4-6-7;1-3(5)4(2)6/h2-6H,1H3;1-2H3. The third-order valence-corrected chi connectivity index (χ3v) is 1.44. The molecule has 0 unspecified atom stereocenters. The van der Waals surface area contributed by atoms with Crippen LogP contribution in [0.3, 0.4) is 0 Å². The molecule has 0 aromatic heterocycles. The molecular formula is C11H14O2. The van der Waals surface area contributed by atoms with Gasteiger partial charge in [0.1, 0.15) is 0 Å². The lowest BCUT2D eigenvalue weighted by Gasteiger charge is -1.82. The van der Waals surface area contributed by atoms with Crippen LogP contribution in [0.5, 0.6) is 0 Å². The van der Waals surface area contributed by atoms with Crippen molar-refractivity contribution in [3.63, 3.8) is 0 Å². The van der Waals surface area contributed by atoms with Gasteiger partial charge < -0.3 is 0 Å². The second-order valence-corrected chi connectivity index (χ2v) is 2.77. The molecule has 1 aromatic carbocycles. The lowest BCUT2D eigenvalue weighted by molar-refractivity contribution is -0.134. The molecule has 0 heterocycles. The molecule has 0 amide bonds. The Balaban J connectivity index is 0.000000226. The molecule has 0 bridgehead atoms. The Morgan fingerprint density at radius 3 is 1.46 bits per heavy atom. The summed E-state index contributed by atoms with van der Waals surface area (Å²) in [5.74, 6) is -0.759. The van der Waals surface area contributed by atoms with Gasteiger partial charge in [0.2, 0.25) is 0 Å². The Morgan fingerprint density at radius 1 is 0.923 bits per heavy atom.